The molecule has 0 aliphatic carbocycles. The largest absolute Gasteiger partial charge is 0.425 e. The van der Waals surface area contributed by atoms with E-state index in [2.05, 4.69) is 39.8 Å². The molecule has 24 heavy (non-hydrogen) atoms. The van der Waals surface area contributed by atoms with Crippen LogP contribution in [0.4, 0.5) is 0 Å². The van der Waals surface area contributed by atoms with Crippen LogP contribution in [0.1, 0.15) is 55.9 Å². The maximum absolute atomic E-state index is 12.6. The number of carbonyl (C=O) groups excluding carboxylic acids is 1. The smallest absolute Gasteiger partial charge is 0.323 e. The Kier molecular flexibility index (Phi) is 4.75. The lowest BCUT2D eigenvalue weighted by atomic mass is 9.87. The number of hydrogen-bond acceptors (Lipinski definition) is 2. The third-order valence-electron chi connectivity index (χ3n) is 4.41. The molecular formula is C22H26O2. The van der Waals surface area contributed by atoms with Crippen molar-refractivity contribution in [2.75, 3.05) is 0 Å². The van der Waals surface area contributed by atoms with Crippen molar-refractivity contribution >= 4 is 5.97 Å². The molecular weight excluding hydrogens is 296 g/mol. The van der Waals surface area contributed by atoms with Crippen LogP contribution >= 0.6 is 0 Å². The molecule has 0 fully saturated rings. The standard InChI is InChI=1S/C22H26O2/c1-14(2)10-16-12-18(11-15(3)4)21-19(13-16)20(22(23)24-21)17-8-6-5-7-9-17/h5-9,12-15,20H,10-11H2,1-4H3. The van der Waals surface area contributed by atoms with E-state index in [1.807, 2.05) is 30.3 Å². The maximum atomic E-state index is 12.6. The first-order chi connectivity index (χ1) is 11.5. The van der Waals surface area contributed by atoms with E-state index in [1.165, 1.54) is 11.1 Å². The molecule has 1 heterocycles. The van der Waals surface area contributed by atoms with Crippen molar-refractivity contribution in [2.45, 2.75) is 46.5 Å². The van der Waals surface area contributed by atoms with Gasteiger partial charge in [-0.1, -0.05) is 70.2 Å². The molecule has 0 bridgehead atoms. The van der Waals surface area contributed by atoms with E-state index in [4.69, 9.17) is 4.74 Å². The fraction of sp³-hybridized carbons (Fsp3) is 0.409. The summed E-state index contributed by atoms with van der Waals surface area (Å²) in [5, 5.41) is 0. The van der Waals surface area contributed by atoms with Crippen molar-refractivity contribution in [3.8, 4) is 5.75 Å². The Morgan fingerprint density at radius 1 is 0.958 bits per heavy atom. The van der Waals surface area contributed by atoms with Crippen LogP contribution in [0.25, 0.3) is 0 Å². The van der Waals surface area contributed by atoms with Gasteiger partial charge in [-0.2, -0.15) is 0 Å². The van der Waals surface area contributed by atoms with Gasteiger partial charge in [0.25, 0.3) is 0 Å². The highest BCUT2D eigenvalue weighted by atomic mass is 16.5. The monoisotopic (exact) mass is 322 g/mol. The van der Waals surface area contributed by atoms with Gasteiger partial charge in [-0.05, 0) is 41.4 Å². The summed E-state index contributed by atoms with van der Waals surface area (Å²) < 4.78 is 5.73. The Balaban J connectivity index is 2.10. The summed E-state index contributed by atoms with van der Waals surface area (Å²) in [4.78, 5) is 12.6. The van der Waals surface area contributed by atoms with Gasteiger partial charge in [0, 0.05) is 5.56 Å². The van der Waals surface area contributed by atoms with Gasteiger partial charge in [0.2, 0.25) is 0 Å². The molecule has 1 atom stereocenters. The number of benzene rings is 2. The van der Waals surface area contributed by atoms with Gasteiger partial charge in [-0.3, -0.25) is 4.79 Å². The second kappa shape index (κ2) is 6.80. The zero-order valence-corrected chi connectivity index (χ0v) is 15.0. The normalized spacial score (nSPS) is 16.6. The molecule has 2 aromatic carbocycles. The molecule has 126 valence electrons. The van der Waals surface area contributed by atoms with E-state index >= 15 is 0 Å². The minimum absolute atomic E-state index is 0.150. The van der Waals surface area contributed by atoms with Crippen molar-refractivity contribution in [3.63, 3.8) is 0 Å². The van der Waals surface area contributed by atoms with Gasteiger partial charge in [-0.25, -0.2) is 0 Å². The second-order valence-corrected chi connectivity index (χ2v) is 7.63. The Morgan fingerprint density at radius 3 is 2.25 bits per heavy atom. The van der Waals surface area contributed by atoms with Crippen LogP contribution in [0, 0.1) is 11.8 Å². The number of fused-ring (bicyclic) bond motifs is 1. The molecule has 0 amide bonds. The summed E-state index contributed by atoms with van der Waals surface area (Å²) in [5.41, 5.74) is 4.53. The van der Waals surface area contributed by atoms with Crippen LogP contribution in [0.5, 0.6) is 5.75 Å². The third kappa shape index (κ3) is 3.38. The van der Waals surface area contributed by atoms with Gasteiger partial charge in [-0.15, -0.1) is 0 Å². The number of ether oxygens (including phenoxy) is 1. The fourth-order valence-corrected chi connectivity index (χ4v) is 3.55. The topological polar surface area (TPSA) is 26.3 Å². The average molecular weight is 322 g/mol. The van der Waals surface area contributed by atoms with Gasteiger partial charge in [0.15, 0.2) is 0 Å². The number of esters is 1. The van der Waals surface area contributed by atoms with E-state index in [0.29, 0.717) is 11.8 Å². The Hall–Kier alpha value is -2.09. The molecule has 1 aliphatic heterocycles. The number of rotatable bonds is 5. The summed E-state index contributed by atoms with van der Waals surface area (Å²) >= 11 is 0. The minimum Gasteiger partial charge on any atom is -0.425 e. The molecule has 2 heteroatoms. The zero-order valence-electron chi connectivity index (χ0n) is 15.0. The Labute approximate surface area is 144 Å². The molecule has 1 aliphatic rings. The Morgan fingerprint density at radius 2 is 1.62 bits per heavy atom. The van der Waals surface area contributed by atoms with Gasteiger partial charge in [0.1, 0.15) is 11.7 Å². The van der Waals surface area contributed by atoms with Crippen LogP contribution in [-0.2, 0) is 17.6 Å². The second-order valence-electron chi connectivity index (χ2n) is 7.63. The molecule has 2 nitrogen and oxygen atoms in total. The first-order valence-electron chi connectivity index (χ1n) is 8.88. The molecule has 2 aromatic rings. The lowest BCUT2D eigenvalue weighted by Gasteiger charge is -2.15. The molecule has 0 aromatic heterocycles. The highest BCUT2D eigenvalue weighted by molar-refractivity contribution is 5.90. The van der Waals surface area contributed by atoms with Gasteiger partial charge >= 0.3 is 5.97 Å². The van der Waals surface area contributed by atoms with Gasteiger partial charge in [0.05, 0.1) is 0 Å². The minimum atomic E-state index is -0.292. The van der Waals surface area contributed by atoms with Crippen LogP contribution in [0.3, 0.4) is 0 Å². The van der Waals surface area contributed by atoms with Gasteiger partial charge < -0.3 is 4.74 Å². The summed E-state index contributed by atoms with van der Waals surface area (Å²) in [6.45, 7) is 8.86. The molecule has 0 saturated carbocycles. The Bertz CT molecular complexity index is 729. The van der Waals surface area contributed by atoms with E-state index in [9.17, 15) is 4.79 Å². The first-order valence-corrected chi connectivity index (χ1v) is 8.88. The maximum Gasteiger partial charge on any atom is 0.323 e. The highest BCUT2D eigenvalue weighted by Gasteiger charge is 2.36. The van der Waals surface area contributed by atoms with E-state index in [-0.39, 0.29) is 11.9 Å². The fourth-order valence-electron chi connectivity index (χ4n) is 3.55. The van der Waals surface area contributed by atoms with Crippen LogP contribution in [0.2, 0.25) is 0 Å². The van der Waals surface area contributed by atoms with Crippen molar-refractivity contribution in [1.82, 2.24) is 0 Å². The molecule has 1 unspecified atom stereocenters. The molecule has 3 rings (SSSR count). The van der Waals surface area contributed by atoms with E-state index in [1.54, 1.807) is 0 Å². The molecule has 0 saturated heterocycles. The van der Waals surface area contributed by atoms with Crippen molar-refractivity contribution < 1.29 is 9.53 Å². The predicted molar refractivity (Wildman–Crippen MR) is 97.4 cm³/mol. The van der Waals surface area contributed by atoms with Crippen LogP contribution in [-0.4, -0.2) is 5.97 Å². The third-order valence-corrected chi connectivity index (χ3v) is 4.41. The summed E-state index contributed by atoms with van der Waals surface area (Å²) in [6.07, 6.45) is 1.96. The molecule has 0 spiro atoms. The summed E-state index contributed by atoms with van der Waals surface area (Å²) in [7, 11) is 0. The van der Waals surface area contributed by atoms with Crippen molar-refractivity contribution in [1.29, 1.82) is 0 Å². The number of hydrogen-bond donors (Lipinski definition) is 0. The van der Waals surface area contributed by atoms with E-state index < -0.39 is 0 Å². The lowest BCUT2D eigenvalue weighted by molar-refractivity contribution is -0.133. The number of carbonyl (C=O) groups is 1. The van der Waals surface area contributed by atoms with E-state index in [0.717, 1.165) is 29.7 Å². The highest BCUT2D eigenvalue weighted by Crippen LogP contribution is 2.43. The quantitative estimate of drug-likeness (QED) is 0.563. The molecule has 0 N–H and O–H groups in total. The summed E-state index contributed by atoms with van der Waals surface area (Å²) in [5.74, 6) is 1.47. The lowest BCUT2D eigenvalue weighted by Crippen LogP contribution is -2.11. The van der Waals surface area contributed by atoms with Crippen LogP contribution in [0.15, 0.2) is 42.5 Å². The first kappa shape index (κ1) is 16.8. The van der Waals surface area contributed by atoms with Crippen molar-refractivity contribution in [3.05, 3.63) is 64.7 Å². The van der Waals surface area contributed by atoms with Crippen LogP contribution < -0.4 is 4.74 Å². The average Bonchev–Trinajstić information content (AvgIpc) is 2.83. The van der Waals surface area contributed by atoms with Crippen molar-refractivity contribution in [2.24, 2.45) is 11.8 Å². The zero-order chi connectivity index (χ0) is 17.3. The molecule has 0 radical (unpaired) electrons. The predicted octanol–water partition coefficient (Wildman–Crippen LogP) is 5.13. The summed E-state index contributed by atoms with van der Waals surface area (Å²) in [6, 6.07) is 14.4. The SMILES string of the molecule is CC(C)Cc1cc(CC(C)C)c2c(c1)C(c1ccccc1)C(=O)O2.